The predicted molar refractivity (Wildman–Crippen MR) is 101 cm³/mol. The van der Waals surface area contributed by atoms with Gasteiger partial charge in [0.1, 0.15) is 0 Å². The molecule has 0 aliphatic carbocycles. The number of hydrogen-bond donors (Lipinski definition) is 0. The molecule has 0 radical (unpaired) electrons. The molecule has 2 amide bonds. The van der Waals surface area contributed by atoms with Crippen LogP contribution in [0.15, 0.2) is 36.5 Å². The number of amides is 2. The summed E-state index contributed by atoms with van der Waals surface area (Å²) in [4.78, 5) is 33.9. The Morgan fingerprint density at radius 1 is 1.23 bits per heavy atom. The summed E-state index contributed by atoms with van der Waals surface area (Å²) in [6, 6.07) is 9.57. The zero-order chi connectivity index (χ0) is 18.1. The molecule has 2 aromatic rings. The summed E-state index contributed by atoms with van der Waals surface area (Å²) in [7, 11) is 0. The van der Waals surface area contributed by atoms with Crippen LogP contribution in [0.25, 0.3) is 10.9 Å². The Bertz CT molecular complexity index is 846. The van der Waals surface area contributed by atoms with Gasteiger partial charge in [-0.3, -0.25) is 14.6 Å². The first-order valence-corrected chi connectivity index (χ1v) is 9.57. The minimum absolute atomic E-state index is 0.0592. The van der Waals surface area contributed by atoms with Gasteiger partial charge < -0.3 is 9.80 Å². The summed E-state index contributed by atoms with van der Waals surface area (Å²) in [5.74, 6) is 0.300. The molecule has 5 nitrogen and oxygen atoms in total. The van der Waals surface area contributed by atoms with Gasteiger partial charge in [0, 0.05) is 43.2 Å². The van der Waals surface area contributed by atoms with Gasteiger partial charge >= 0.3 is 0 Å². The Hall–Kier alpha value is -2.43. The van der Waals surface area contributed by atoms with Crippen LogP contribution < -0.4 is 0 Å². The van der Waals surface area contributed by atoms with Gasteiger partial charge in [-0.25, -0.2) is 0 Å². The Morgan fingerprint density at radius 2 is 2.08 bits per heavy atom. The van der Waals surface area contributed by atoms with Gasteiger partial charge in [0.25, 0.3) is 5.91 Å². The van der Waals surface area contributed by atoms with Crippen LogP contribution in [0.1, 0.15) is 49.4 Å². The number of aromatic nitrogens is 1. The molecular weight excluding hydrogens is 326 g/mol. The Morgan fingerprint density at radius 3 is 2.92 bits per heavy atom. The zero-order valence-electron chi connectivity index (χ0n) is 15.3. The number of nitrogens with zero attached hydrogens (tertiary/aromatic N) is 3. The minimum atomic E-state index is -0.170. The molecular formula is C21H25N3O2. The summed E-state index contributed by atoms with van der Waals surface area (Å²) in [5, 5.41) is 0.980. The Balaban J connectivity index is 1.60. The minimum Gasteiger partial charge on any atom is -0.336 e. The first kappa shape index (κ1) is 17.0. The number of piperidine rings is 2. The molecule has 1 atom stereocenters. The number of pyridine rings is 1. The van der Waals surface area contributed by atoms with Crippen LogP contribution in [0.3, 0.4) is 0 Å². The van der Waals surface area contributed by atoms with Crippen molar-refractivity contribution < 1.29 is 9.59 Å². The average molecular weight is 351 g/mol. The number of carbonyl (C=O) groups is 2. The van der Waals surface area contributed by atoms with E-state index >= 15 is 0 Å². The van der Waals surface area contributed by atoms with E-state index in [1.807, 2.05) is 47.1 Å². The maximum atomic E-state index is 13.1. The molecule has 2 aliphatic rings. The highest BCUT2D eigenvalue weighted by Crippen LogP contribution is 2.37. The molecule has 2 saturated heterocycles. The normalized spacial score (nSPS) is 23.7. The standard InChI is InChI=1S/C21H25N3O2/c1-2-24-19(25)7-3-10-21(24)11-5-13-23(15-21)20(26)17-8-9-18-16(14-17)6-4-12-22-18/h4,6,8-9,12,14H,2-3,5,7,10-11,13,15H2,1H3. The summed E-state index contributed by atoms with van der Waals surface area (Å²) >= 11 is 0. The van der Waals surface area contributed by atoms with Gasteiger partial charge in [0.15, 0.2) is 0 Å². The van der Waals surface area contributed by atoms with Gasteiger partial charge in [-0.1, -0.05) is 6.07 Å². The van der Waals surface area contributed by atoms with Crippen LogP contribution in [0.2, 0.25) is 0 Å². The quantitative estimate of drug-likeness (QED) is 0.835. The van der Waals surface area contributed by atoms with E-state index in [-0.39, 0.29) is 17.4 Å². The van der Waals surface area contributed by atoms with Crippen molar-refractivity contribution >= 4 is 22.7 Å². The number of hydrogen-bond acceptors (Lipinski definition) is 3. The summed E-state index contributed by atoms with van der Waals surface area (Å²) < 4.78 is 0. The zero-order valence-corrected chi connectivity index (χ0v) is 15.3. The van der Waals surface area contributed by atoms with Crippen molar-refractivity contribution in [1.82, 2.24) is 14.8 Å². The van der Waals surface area contributed by atoms with Crippen LogP contribution in [0, 0.1) is 0 Å². The molecule has 1 aromatic carbocycles. The fraction of sp³-hybridized carbons (Fsp3) is 0.476. The molecule has 26 heavy (non-hydrogen) atoms. The molecule has 1 unspecified atom stereocenters. The third-order valence-electron chi connectivity index (χ3n) is 5.92. The lowest BCUT2D eigenvalue weighted by atomic mass is 9.79. The lowest BCUT2D eigenvalue weighted by molar-refractivity contribution is -0.144. The van der Waals surface area contributed by atoms with Gasteiger partial charge in [0.05, 0.1) is 11.1 Å². The molecule has 136 valence electrons. The van der Waals surface area contributed by atoms with Crippen molar-refractivity contribution in [3.05, 3.63) is 42.1 Å². The number of carbonyl (C=O) groups excluding carboxylic acids is 2. The van der Waals surface area contributed by atoms with E-state index in [1.54, 1.807) is 6.20 Å². The lowest BCUT2D eigenvalue weighted by Gasteiger charge is -2.52. The highest BCUT2D eigenvalue weighted by molar-refractivity contribution is 5.98. The van der Waals surface area contributed by atoms with Gasteiger partial charge in [-0.05, 0) is 56.9 Å². The van der Waals surface area contributed by atoms with Crippen molar-refractivity contribution in [2.24, 2.45) is 0 Å². The van der Waals surface area contributed by atoms with Crippen molar-refractivity contribution in [2.75, 3.05) is 19.6 Å². The summed E-state index contributed by atoms with van der Waals surface area (Å²) in [5.41, 5.74) is 1.43. The third kappa shape index (κ3) is 2.85. The van der Waals surface area contributed by atoms with Crippen LogP contribution >= 0.6 is 0 Å². The fourth-order valence-corrected chi connectivity index (χ4v) is 4.72. The molecule has 0 bridgehead atoms. The number of fused-ring (bicyclic) bond motifs is 1. The van der Waals surface area contributed by atoms with Gasteiger partial charge in [-0.15, -0.1) is 0 Å². The first-order chi connectivity index (χ1) is 12.6. The molecule has 3 heterocycles. The number of likely N-dealkylation sites (tertiary alicyclic amines) is 2. The smallest absolute Gasteiger partial charge is 0.253 e. The monoisotopic (exact) mass is 351 g/mol. The van der Waals surface area contributed by atoms with E-state index in [2.05, 4.69) is 4.98 Å². The molecule has 1 aromatic heterocycles. The second-order valence-corrected chi connectivity index (χ2v) is 7.46. The molecule has 5 heteroatoms. The van der Waals surface area contributed by atoms with Crippen molar-refractivity contribution in [1.29, 1.82) is 0 Å². The van der Waals surface area contributed by atoms with E-state index in [4.69, 9.17) is 0 Å². The highest BCUT2D eigenvalue weighted by atomic mass is 16.2. The maximum Gasteiger partial charge on any atom is 0.253 e. The maximum absolute atomic E-state index is 13.1. The van der Waals surface area contributed by atoms with Crippen LogP contribution in [0.5, 0.6) is 0 Å². The van der Waals surface area contributed by atoms with Crippen LogP contribution in [-0.4, -0.2) is 51.8 Å². The highest BCUT2D eigenvalue weighted by Gasteiger charge is 2.45. The second kappa shape index (κ2) is 6.71. The number of likely N-dealkylation sites (N-methyl/N-ethyl adjacent to an activating group) is 1. The van der Waals surface area contributed by atoms with E-state index in [9.17, 15) is 9.59 Å². The van der Waals surface area contributed by atoms with Crippen molar-refractivity contribution in [2.45, 2.75) is 44.6 Å². The molecule has 4 rings (SSSR count). The molecule has 2 aliphatic heterocycles. The predicted octanol–water partition coefficient (Wildman–Crippen LogP) is 3.24. The van der Waals surface area contributed by atoms with Gasteiger partial charge in [-0.2, -0.15) is 0 Å². The fourth-order valence-electron chi connectivity index (χ4n) is 4.72. The number of benzene rings is 1. The SMILES string of the molecule is CCN1C(=O)CCCC12CCCN(C(=O)c1ccc3ncccc3c1)C2. The molecule has 2 fully saturated rings. The third-order valence-corrected chi connectivity index (χ3v) is 5.92. The van der Waals surface area contributed by atoms with E-state index in [0.29, 0.717) is 18.5 Å². The van der Waals surface area contributed by atoms with E-state index in [1.165, 1.54) is 0 Å². The average Bonchev–Trinajstić information content (AvgIpc) is 2.67. The molecule has 0 N–H and O–H groups in total. The first-order valence-electron chi connectivity index (χ1n) is 9.57. The van der Waals surface area contributed by atoms with Crippen LogP contribution in [-0.2, 0) is 4.79 Å². The van der Waals surface area contributed by atoms with Crippen LogP contribution in [0.4, 0.5) is 0 Å². The van der Waals surface area contributed by atoms with Gasteiger partial charge in [0.2, 0.25) is 5.91 Å². The summed E-state index contributed by atoms with van der Waals surface area (Å²) in [6.45, 7) is 4.18. The second-order valence-electron chi connectivity index (χ2n) is 7.46. The molecule has 1 spiro atoms. The van der Waals surface area contributed by atoms with Crippen molar-refractivity contribution in [3.8, 4) is 0 Å². The Labute approximate surface area is 154 Å². The van der Waals surface area contributed by atoms with E-state index < -0.39 is 0 Å². The largest absolute Gasteiger partial charge is 0.336 e. The van der Waals surface area contributed by atoms with E-state index in [0.717, 1.165) is 49.7 Å². The topological polar surface area (TPSA) is 53.5 Å². The van der Waals surface area contributed by atoms with Crippen molar-refractivity contribution in [3.63, 3.8) is 0 Å². The summed E-state index contributed by atoms with van der Waals surface area (Å²) in [6.07, 6.45) is 6.28. The number of rotatable bonds is 2. The lowest BCUT2D eigenvalue weighted by Crippen LogP contribution is -2.63. The molecule has 0 saturated carbocycles. The Kier molecular flexibility index (Phi) is 4.39.